The van der Waals surface area contributed by atoms with E-state index in [2.05, 4.69) is 22.3 Å². The number of ether oxygens (including phenoxy) is 3. The topological polar surface area (TPSA) is 87.5 Å². The molecule has 0 radical (unpaired) electrons. The molecule has 0 bridgehead atoms. The van der Waals surface area contributed by atoms with Crippen LogP contribution in [0.5, 0.6) is 11.5 Å². The predicted octanol–water partition coefficient (Wildman–Crippen LogP) is 3.32. The van der Waals surface area contributed by atoms with Gasteiger partial charge in [-0.05, 0) is 38.0 Å². The van der Waals surface area contributed by atoms with Crippen molar-refractivity contribution in [1.29, 1.82) is 0 Å². The zero-order valence-electron chi connectivity index (χ0n) is 16.7. The Hall–Kier alpha value is -3.03. The number of hydrogen-bond donors (Lipinski definition) is 1. The van der Waals surface area contributed by atoms with Gasteiger partial charge < -0.3 is 19.5 Å². The minimum absolute atomic E-state index is 0.297. The molecule has 1 aliphatic rings. The summed E-state index contributed by atoms with van der Waals surface area (Å²) in [7, 11) is 1.59. The third-order valence-electron chi connectivity index (χ3n) is 4.48. The molecule has 0 aliphatic carbocycles. The van der Waals surface area contributed by atoms with E-state index in [-0.39, 0.29) is 5.97 Å². The molecule has 0 amide bonds. The van der Waals surface area contributed by atoms with Crippen LogP contribution >= 0.6 is 0 Å². The molecule has 1 aliphatic heterocycles. The number of aromatic nitrogens is 3. The van der Waals surface area contributed by atoms with Crippen LogP contribution in [0.15, 0.2) is 35.8 Å². The van der Waals surface area contributed by atoms with Gasteiger partial charge in [0.15, 0.2) is 11.5 Å². The molecule has 0 fully saturated rings. The number of anilines is 1. The molecule has 2 heterocycles. The Morgan fingerprint density at radius 3 is 2.71 bits per heavy atom. The first-order valence-electron chi connectivity index (χ1n) is 9.51. The molecular weight excluding hydrogens is 360 g/mol. The van der Waals surface area contributed by atoms with Gasteiger partial charge >= 0.3 is 5.97 Å². The first-order chi connectivity index (χ1) is 13.6. The lowest BCUT2D eigenvalue weighted by molar-refractivity contribution is -0.139. The van der Waals surface area contributed by atoms with Crippen LogP contribution in [0.3, 0.4) is 0 Å². The minimum atomic E-state index is -0.469. The van der Waals surface area contributed by atoms with Crippen LogP contribution in [0.1, 0.15) is 45.2 Å². The molecule has 3 rings (SSSR count). The molecule has 0 saturated heterocycles. The Morgan fingerprint density at radius 2 is 2.04 bits per heavy atom. The number of benzene rings is 1. The second kappa shape index (κ2) is 8.77. The van der Waals surface area contributed by atoms with Gasteiger partial charge in [-0.2, -0.15) is 10.1 Å². The van der Waals surface area contributed by atoms with Crippen molar-refractivity contribution in [1.82, 2.24) is 14.8 Å². The second-order valence-corrected chi connectivity index (χ2v) is 6.26. The molecular formula is C20H26N4O4. The predicted molar refractivity (Wildman–Crippen MR) is 105 cm³/mol. The number of rotatable bonds is 8. The first-order valence-corrected chi connectivity index (χ1v) is 9.51. The molecule has 1 N–H and O–H groups in total. The summed E-state index contributed by atoms with van der Waals surface area (Å²) >= 11 is 0. The van der Waals surface area contributed by atoms with E-state index in [1.165, 1.54) is 6.33 Å². The van der Waals surface area contributed by atoms with Crippen molar-refractivity contribution < 1.29 is 19.0 Å². The van der Waals surface area contributed by atoms with Crippen molar-refractivity contribution in [3.05, 3.63) is 41.4 Å². The number of allylic oxidation sites excluding steroid dienone is 1. The van der Waals surface area contributed by atoms with Crippen LogP contribution in [0, 0.1) is 0 Å². The Kier molecular flexibility index (Phi) is 6.18. The van der Waals surface area contributed by atoms with Gasteiger partial charge in [-0.25, -0.2) is 9.48 Å². The molecule has 150 valence electrons. The van der Waals surface area contributed by atoms with Gasteiger partial charge in [-0.3, -0.25) is 0 Å². The van der Waals surface area contributed by atoms with Gasteiger partial charge in [-0.15, -0.1) is 0 Å². The quantitative estimate of drug-likeness (QED) is 0.696. The largest absolute Gasteiger partial charge is 0.493 e. The molecule has 0 unspecified atom stereocenters. The van der Waals surface area contributed by atoms with Crippen LogP contribution in [0.4, 0.5) is 5.95 Å². The number of esters is 1. The van der Waals surface area contributed by atoms with Gasteiger partial charge in [-0.1, -0.05) is 19.4 Å². The summed E-state index contributed by atoms with van der Waals surface area (Å²) in [4.78, 5) is 17.2. The number of carbonyl (C=O) groups excluding carboxylic acids is 1. The highest BCUT2D eigenvalue weighted by Crippen LogP contribution is 2.39. The average molecular weight is 386 g/mol. The fraction of sp³-hybridized carbons (Fsp3) is 0.450. The maximum Gasteiger partial charge on any atom is 0.338 e. The van der Waals surface area contributed by atoms with Gasteiger partial charge in [0, 0.05) is 5.70 Å². The lowest BCUT2D eigenvalue weighted by Gasteiger charge is -2.29. The molecule has 1 aromatic carbocycles. The maximum absolute atomic E-state index is 12.9. The smallest absolute Gasteiger partial charge is 0.338 e. The third kappa shape index (κ3) is 3.67. The minimum Gasteiger partial charge on any atom is -0.493 e. The second-order valence-electron chi connectivity index (χ2n) is 6.26. The standard InChI is InChI=1S/C20H26N4O4/c1-5-8-14-17(19(25)28-7-3)18(24-20(23-14)21-12-22-24)13-9-10-15(27-6-2)16(11-13)26-4/h9-12,18H,5-8H2,1-4H3,(H,21,22,23)/t18-/m0/s1. The zero-order chi connectivity index (χ0) is 20.1. The molecule has 8 nitrogen and oxygen atoms in total. The molecule has 0 spiro atoms. The number of nitrogens with zero attached hydrogens (tertiary/aromatic N) is 3. The normalized spacial score (nSPS) is 15.6. The van der Waals surface area contributed by atoms with Crippen molar-refractivity contribution in [3.63, 3.8) is 0 Å². The number of carbonyl (C=O) groups is 1. The molecule has 0 saturated carbocycles. The van der Waals surface area contributed by atoms with Gasteiger partial charge in [0.1, 0.15) is 12.4 Å². The van der Waals surface area contributed by atoms with Gasteiger partial charge in [0.25, 0.3) is 0 Å². The monoisotopic (exact) mass is 386 g/mol. The first kappa shape index (κ1) is 19.7. The number of fused-ring (bicyclic) bond motifs is 1. The van der Waals surface area contributed by atoms with Crippen LogP contribution in [0.2, 0.25) is 0 Å². The van der Waals surface area contributed by atoms with Crippen molar-refractivity contribution in [2.24, 2.45) is 0 Å². The highest BCUT2D eigenvalue weighted by Gasteiger charge is 2.35. The van der Waals surface area contributed by atoms with Crippen LogP contribution in [-0.4, -0.2) is 41.1 Å². The summed E-state index contributed by atoms with van der Waals surface area (Å²) < 4.78 is 18.2. The summed E-state index contributed by atoms with van der Waals surface area (Å²) in [5.74, 6) is 1.48. The Morgan fingerprint density at radius 1 is 1.21 bits per heavy atom. The van der Waals surface area contributed by atoms with Crippen LogP contribution in [-0.2, 0) is 9.53 Å². The van der Waals surface area contributed by atoms with Crippen LogP contribution < -0.4 is 14.8 Å². The van der Waals surface area contributed by atoms with E-state index < -0.39 is 6.04 Å². The molecule has 28 heavy (non-hydrogen) atoms. The highest BCUT2D eigenvalue weighted by atomic mass is 16.5. The van der Waals surface area contributed by atoms with E-state index in [4.69, 9.17) is 14.2 Å². The summed E-state index contributed by atoms with van der Waals surface area (Å²) in [6.45, 7) is 6.60. The Bertz CT molecular complexity index is 875. The fourth-order valence-electron chi connectivity index (χ4n) is 3.35. The van der Waals surface area contributed by atoms with Crippen molar-refractivity contribution in [2.75, 3.05) is 25.6 Å². The Labute approximate surface area is 164 Å². The number of nitrogens with one attached hydrogen (secondary N) is 1. The number of hydrogen-bond acceptors (Lipinski definition) is 7. The van der Waals surface area contributed by atoms with E-state index >= 15 is 0 Å². The van der Waals surface area contributed by atoms with Gasteiger partial charge in [0.05, 0.1) is 25.9 Å². The molecule has 2 aromatic rings. The van der Waals surface area contributed by atoms with Crippen LogP contribution in [0.25, 0.3) is 0 Å². The van der Waals surface area contributed by atoms with E-state index in [0.29, 0.717) is 42.7 Å². The SMILES string of the molecule is CCCC1=C(C(=O)OCC)[C@H](c2ccc(OCC)c(OC)c2)n2ncnc2N1. The van der Waals surface area contributed by atoms with E-state index in [1.54, 1.807) is 18.7 Å². The Balaban J connectivity index is 2.15. The lowest BCUT2D eigenvalue weighted by Crippen LogP contribution is -2.30. The maximum atomic E-state index is 12.9. The summed E-state index contributed by atoms with van der Waals surface area (Å²) in [5, 5.41) is 7.58. The average Bonchev–Trinajstić information content (AvgIpc) is 3.16. The lowest BCUT2D eigenvalue weighted by atomic mass is 9.93. The van der Waals surface area contributed by atoms with Gasteiger partial charge in [0.2, 0.25) is 5.95 Å². The zero-order valence-corrected chi connectivity index (χ0v) is 16.7. The van der Waals surface area contributed by atoms with Crippen molar-refractivity contribution in [2.45, 2.75) is 39.7 Å². The van der Waals surface area contributed by atoms with E-state index in [0.717, 1.165) is 17.7 Å². The summed E-state index contributed by atoms with van der Waals surface area (Å²) in [6.07, 6.45) is 3.04. The third-order valence-corrected chi connectivity index (χ3v) is 4.48. The van der Waals surface area contributed by atoms with Crippen molar-refractivity contribution in [3.8, 4) is 11.5 Å². The molecule has 8 heteroatoms. The highest BCUT2D eigenvalue weighted by molar-refractivity contribution is 5.92. The summed E-state index contributed by atoms with van der Waals surface area (Å²) in [6, 6.07) is 5.16. The molecule has 1 aromatic heterocycles. The molecule has 1 atom stereocenters. The van der Waals surface area contributed by atoms with E-state index in [9.17, 15) is 4.79 Å². The number of methoxy groups -OCH3 is 1. The van der Waals surface area contributed by atoms with E-state index in [1.807, 2.05) is 25.1 Å². The fourth-order valence-corrected chi connectivity index (χ4v) is 3.35. The summed E-state index contributed by atoms with van der Waals surface area (Å²) in [5.41, 5.74) is 2.18. The van der Waals surface area contributed by atoms with Crippen molar-refractivity contribution >= 4 is 11.9 Å².